The molecule has 1 aliphatic heterocycles. The van der Waals surface area contributed by atoms with Crippen LogP contribution in [0.2, 0.25) is 0 Å². The maximum Gasteiger partial charge on any atom is 0.453 e. The molecule has 1 saturated heterocycles. The summed E-state index contributed by atoms with van der Waals surface area (Å²) < 4.78 is 42.1. The van der Waals surface area contributed by atoms with Crippen molar-refractivity contribution in [3.8, 4) is 0 Å². The number of hydrogen-bond donors (Lipinski definition) is 1. The fraction of sp³-hybridized carbons (Fsp3) is 0.556. The van der Waals surface area contributed by atoms with E-state index in [4.69, 9.17) is 0 Å². The molecule has 0 atom stereocenters. The molecule has 156 valence electrons. The lowest BCUT2D eigenvalue weighted by molar-refractivity contribution is -0.146. The molecule has 0 aromatic carbocycles. The predicted molar refractivity (Wildman–Crippen MR) is 101 cm³/mol. The highest BCUT2D eigenvalue weighted by atomic mass is 19.4. The second-order valence-electron chi connectivity index (χ2n) is 7.37. The first-order valence-electron chi connectivity index (χ1n) is 9.64. The Kier molecular flexibility index (Phi) is 5.15. The van der Waals surface area contributed by atoms with Crippen molar-refractivity contribution in [1.82, 2.24) is 34.5 Å². The Morgan fingerprint density at radius 3 is 2.52 bits per heavy atom. The molecule has 8 nitrogen and oxygen atoms in total. The van der Waals surface area contributed by atoms with Gasteiger partial charge in [-0.05, 0) is 39.8 Å². The Labute approximate surface area is 165 Å². The van der Waals surface area contributed by atoms with Crippen LogP contribution < -0.4 is 5.32 Å². The summed E-state index contributed by atoms with van der Waals surface area (Å²) in [5.41, 5.74) is 2.06. The van der Waals surface area contributed by atoms with Crippen molar-refractivity contribution in [2.45, 2.75) is 45.8 Å². The van der Waals surface area contributed by atoms with Gasteiger partial charge in [-0.25, -0.2) is 0 Å². The normalized spacial score (nSPS) is 15.9. The quantitative estimate of drug-likeness (QED) is 0.699. The van der Waals surface area contributed by atoms with Gasteiger partial charge in [-0.15, -0.1) is 15.3 Å². The van der Waals surface area contributed by atoms with E-state index in [1.807, 2.05) is 10.9 Å². The molecule has 0 saturated carbocycles. The first kappa shape index (κ1) is 19.6. The summed E-state index contributed by atoms with van der Waals surface area (Å²) in [6, 6.07) is 0. The zero-order valence-electron chi connectivity index (χ0n) is 16.4. The molecule has 1 fully saturated rings. The third-order valence-corrected chi connectivity index (χ3v) is 5.34. The van der Waals surface area contributed by atoms with E-state index in [1.165, 1.54) is 19.3 Å². The number of piperidine rings is 1. The smallest absolute Gasteiger partial charge is 0.336 e. The van der Waals surface area contributed by atoms with E-state index in [1.54, 1.807) is 20.0 Å². The molecular formula is C18H23F3N8. The highest BCUT2D eigenvalue weighted by molar-refractivity contribution is 5.63. The van der Waals surface area contributed by atoms with Crippen molar-refractivity contribution in [1.29, 1.82) is 0 Å². The number of aryl methyl sites for hydroxylation is 1. The zero-order chi connectivity index (χ0) is 20.6. The summed E-state index contributed by atoms with van der Waals surface area (Å²) >= 11 is 0. The second-order valence-corrected chi connectivity index (χ2v) is 7.37. The highest BCUT2D eigenvalue weighted by Crippen LogP contribution is 2.30. The molecule has 0 amide bonds. The average molecular weight is 408 g/mol. The van der Waals surface area contributed by atoms with E-state index in [9.17, 15) is 13.2 Å². The minimum absolute atomic E-state index is 0.0950. The summed E-state index contributed by atoms with van der Waals surface area (Å²) in [6.07, 6.45) is 2.62. The lowest BCUT2D eigenvalue weighted by Crippen LogP contribution is -2.32. The van der Waals surface area contributed by atoms with Crippen molar-refractivity contribution in [2.75, 3.05) is 25.0 Å². The molecule has 0 unspecified atom stereocenters. The van der Waals surface area contributed by atoms with Gasteiger partial charge in [0.05, 0.1) is 18.4 Å². The molecule has 1 aliphatic rings. The molecule has 0 bridgehead atoms. The van der Waals surface area contributed by atoms with Crippen molar-refractivity contribution in [2.24, 2.45) is 0 Å². The number of hydrogen-bond acceptors (Lipinski definition) is 6. The van der Waals surface area contributed by atoms with E-state index >= 15 is 0 Å². The molecule has 0 spiro atoms. The molecule has 1 N–H and O–H groups in total. The van der Waals surface area contributed by atoms with Crippen LogP contribution in [0.1, 0.15) is 36.2 Å². The first-order chi connectivity index (χ1) is 13.8. The fourth-order valence-electron chi connectivity index (χ4n) is 3.54. The summed E-state index contributed by atoms with van der Waals surface area (Å²) in [7, 11) is 0. The molecule has 0 radical (unpaired) electrons. The number of nitrogens with one attached hydrogen (secondary N) is 1. The lowest BCUT2D eigenvalue weighted by atomic mass is 10.1. The van der Waals surface area contributed by atoms with Crippen LogP contribution in [0.3, 0.4) is 0 Å². The molecule has 4 heterocycles. The Hall–Kier alpha value is -2.69. The molecular weight excluding hydrogens is 385 g/mol. The van der Waals surface area contributed by atoms with Crippen molar-refractivity contribution < 1.29 is 13.2 Å². The summed E-state index contributed by atoms with van der Waals surface area (Å²) in [6.45, 7) is 7.42. The van der Waals surface area contributed by atoms with Gasteiger partial charge in [0.25, 0.3) is 5.82 Å². The molecule has 4 rings (SSSR count). The zero-order valence-corrected chi connectivity index (χ0v) is 16.4. The monoisotopic (exact) mass is 408 g/mol. The second kappa shape index (κ2) is 7.62. The number of nitrogens with zero attached hydrogens (tertiary/aromatic N) is 7. The van der Waals surface area contributed by atoms with E-state index < -0.39 is 12.0 Å². The third-order valence-electron chi connectivity index (χ3n) is 5.34. The first-order valence-corrected chi connectivity index (χ1v) is 9.64. The van der Waals surface area contributed by atoms with Crippen LogP contribution in [0.25, 0.3) is 5.65 Å². The summed E-state index contributed by atoms with van der Waals surface area (Å²) in [5.74, 6) is -0.827. The molecule has 29 heavy (non-hydrogen) atoms. The van der Waals surface area contributed by atoms with Gasteiger partial charge >= 0.3 is 6.18 Å². The molecule has 0 aliphatic carbocycles. The van der Waals surface area contributed by atoms with Gasteiger partial charge < -0.3 is 10.2 Å². The van der Waals surface area contributed by atoms with Crippen molar-refractivity contribution in [3.05, 3.63) is 29.3 Å². The minimum Gasteiger partial charge on any atom is -0.336 e. The number of fused-ring (bicyclic) bond motifs is 1. The number of likely N-dealkylation sites (tertiary alicyclic amines) is 1. The van der Waals surface area contributed by atoms with E-state index in [-0.39, 0.29) is 5.65 Å². The van der Waals surface area contributed by atoms with Gasteiger partial charge in [-0.2, -0.15) is 22.8 Å². The van der Waals surface area contributed by atoms with Crippen molar-refractivity contribution in [3.63, 3.8) is 0 Å². The van der Waals surface area contributed by atoms with Gasteiger partial charge in [-0.3, -0.25) is 4.68 Å². The number of halogens is 3. The van der Waals surface area contributed by atoms with Crippen LogP contribution >= 0.6 is 0 Å². The van der Waals surface area contributed by atoms with E-state index in [0.29, 0.717) is 22.6 Å². The largest absolute Gasteiger partial charge is 0.453 e. The Bertz CT molecular complexity index is 1000. The van der Waals surface area contributed by atoms with E-state index in [2.05, 4.69) is 30.6 Å². The highest BCUT2D eigenvalue weighted by Gasteiger charge is 2.38. The fourth-order valence-corrected chi connectivity index (χ4v) is 3.54. The number of anilines is 2. The average Bonchev–Trinajstić information content (AvgIpc) is 3.32. The maximum atomic E-state index is 13.2. The third kappa shape index (κ3) is 4.04. The van der Waals surface area contributed by atoms with Crippen LogP contribution in [-0.4, -0.2) is 54.1 Å². The predicted octanol–water partition coefficient (Wildman–Crippen LogP) is 3.19. The van der Waals surface area contributed by atoms with Gasteiger partial charge in [0, 0.05) is 23.9 Å². The van der Waals surface area contributed by atoms with Crippen LogP contribution in [-0.2, 0) is 12.7 Å². The maximum absolute atomic E-state index is 13.2. The Morgan fingerprint density at radius 2 is 1.79 bits per heavy atom. The van der Waals surface area contributed by atoms with E-state index in [0.717, 1.165) is 30.7 Å². The minimum atomic E-state index is -4.63. The van der Waals surface area contributed by atoms with Gasteiger partial charge in [0.2, 0.25) is 0 Å². The molecule has 11 heteroatoms. The topological polar surface area (TPSA) is 76.2 Å². The number of rotatable bonds is 5. The van der Waals surface area contributed by atoms with Crippen LogP contribution in [0.4, 0.5) is 24.7 Å². The number of aromatic nitrogens is 6. The van der Waals surface area contributed by atoms with Gasteiger partial charge in [0.15, 0.2) is 11.5 Å². The summed E-state index contributed by atoms with van der Waals surface area (Å²) in [5, 5.41) is 18.4. The standard InChI is InChI=1S/C18H23F3N8/c1-12-13(2)16-24-25-17(18(19,20)21)29(16)26-15(12)23-14-10-22-28(11-14)9-8-27-6-4-3-5-7-27/h10-11H,3-9H2,1-2H3,(H,23,26). The Morgan fingerprint density at radius 1 is 1.03 bits per heavy atom. The van der Waals surface area contributed by atoms with Crippen LogP contribution in [0, 0.1) is 13.8 Å². The molecule has 3 aromatic rings. The summed E-state index contributed by atoms with van der Waals surface area (Å²) in [4.78, 5) is 2.42. The van der Waals surface area contributed by atoms with Crippen LogP contribution in [0.5, 0.6) is 0 Å². The van der Waals surface area contributed by atoms with Gasteiger partial charge in [-0.1, -0.05) is 6.42 Å². The van der Waals surface area contributed by atoms with Gasteiger partial charge in [0.1, 0.15) is 0 Å². The van der Waals surface area contributed by atoms with Crippen LogP contribution in [0.15, 0.2) is 12.4 Å². The molecule has 3 aromatic heterocycles. The van der Waals surface area contributed by atoms with Crippen molar-refractivity contribution >= 4 is 17.2 Å². The SMILES string of the molecule is Cc1c(Nc2cnn(CCN3CCCCC3)c2)nn2c(C(F)(F)F)nnc2c1C. The number of alkyl halides is 3. The lowest BCUT2D eigenvalue weighted by Gasteiger charge is -2.26. The Balaban J connectivity index is 1.53.